The van der Waals surface area contributed by atoms with Crippen LogP contribution in [0.3, 0.4) is 0 Å². The number of rotatable bonds is 2. The van der Waals surface area contributed by atoms with E-state index in [0.717, 1.165) is 23.4 Å². The van der Waals surface area contributed by atoms with E-state index in [1.807, 2.05) is 24.3 Å². The molecule has 0 aliphatic carbocycles. The molecular formula is C15H12F2O2. The van der Waals surface area contributed by atoms with Crippen molar-refractivity contribution in [2.45, 2.75) is 18.6 Å². The molecule has 0 spiro atoms. The van der Waals surface area contributed by atoms with Gasteiger partial charge in [-0.1, -0.05) is 24.3 Å². The number of hydrogen-bond acceptors (Lipinski definition) is 2. The third-order valence-corrected chi connectivity index (χ3v) is 3.31. The molecule has 1 heterocycles. The van der Waals surface area contributed by atoms with Gasteiger partial charge in [0.15, 0.2) is 11.6 Å². The minimum atomic E-state index is -0.984. The zero-order chi connectivity index (χ0) is 13.4. The number of halogens is 2. The molecular weight excluding hydrogens is 250 g/mol. The van der Waals surface area contributed by atoms with E-state index in [2.05, 4.69) is 0 Å². The number of ether oxygens (including phenoxy) is 1. The van der Waals surface area contributed by atoms with Gasteiger partial charge in [0, 0.05) is 6.42 Å². The van der Waals surface area contributed by atoms with Crippen molar-refractivity contribution >= 4 is 0 Å². The van der Waals surface area contributed by atoms with Gasteiger partial charge in [0.1, 0.15) is 18.0 Å². The summed E-state index contributed by atoms with van der Waals surface area (Å²) in [6, 6.07) is 10.9. The molecule has 1 aliphatic rings. The zero-order valence-electron chi connectivity index (χ0n) is 10.0. The van der Waals surface area contributed by atoms with Crippen LogP contribution in [0, 0.1) is 11.6 Å². The SMILES string of the molecule is OC(c1ccc(F)c(F)c1)C1Cc2ccccc2O1. The first-order chi connectivity index (χ1) is 9.15. The maximum atomic E-state index is 13.2. The summed E-state index contributed by atoms with van der Waals surface area (Å²) in [4.78, 5) is 0. The fourth-order valence-electron chi connectivity index (χ4n) is 2.30. The van der Waals surface area contributed by atoms with Crippen LogP contribution in [-0.4, -0.2) is 11.2 Å². The molecule has 0 saturated heterocycles. The Hall–Kier alpha value is -1.94. The molecule has 0 aromatic heterocycles. The zero-order valence-corrected chi connectivity index (χ0v) is 10.0. The van der Waals surface area contributed by atoms with Gasteiger partial charge in [0.05, 0.1) is 0 Å². The average molecular weight is 262 g/mol. The van der Waals surface area contributed by atoms with Crippen LogP contribution in [0.5, 0.6) is 5.75 Å². The molecule has 2 atom stereocenters. The lowest BCUT2D eigenvalue weighted by molar-refractivity contribution is 0.0489. The molecule has 0 bridgehead atoms. The van der Waals surface area contributed by atoms with Crippen molar-refractivity contribution in [1.82, 2.24) is 0 Å². The Morgan fingerprint density at radius 1 is 1.11 bits per heavy atom. The highest BCUT2D eigenvalue weighted by Crippen LogP contribution is 2.34. The van der Waals surface area contributed by atoms with Crippen molar-refractivity contribution in [1.29, 1.82) is 0 Å². The largest absolute Gasteiger partial charge is 0.487 e. The molecule has 2 unspecified atom stereocenters. The predicted octanol–water partition coefficient (Wildman–Crippen LogP) is 3.00. The van der Waals surface area contributed by atoms with Crippen LogP contribution in [0.4, 0.5) is 8.78 Å². The van der Waals surface area contributed by atoms with Crippen molar-refractivity contribution in [2.75, 3.05) is 0 Å². The van der Waals surface area contributed by atoms with Gasteiger partial charge < -0.3 is 9.84 Å². The third-order valence-electron chi connectivity index (χ3n) is 3.31. The quantitative estimate of drug-likeness (QED) is 0.901. The lowest BCUT2D eigenvalue weighted by Gasteiger charge is -2.18. The highest BCUT2D eigenvalue weighted by atomic mass is 19.2. The number of benzene rings is 2. The van der Waals surface area contributed by atoms with Gasteiger partial charge in [-0.05, 0) is 29.3 Å². The summed E-state index contributed by atoms with van der Waals surface area (Å²) in [5.41, 5.74) is 1.32. The van der Waals surface area contributed by atoms with Crippen LogP contribution < -0.4 is 4.74 Å². The summed E-state index contributed by atoms with van der Waals surface area (Å²) in [5, 5.41) is 10.2. The molecule has 0 amide bonds. The maximum absolute atomic E-state index is 13.2. The van der Waals surface area contributed by atoms with Crippen LogP contribution in [-0.2, 0) is 6.42 Å². The molecule has 98 valence electrons. The van der Waals surface area contributed by atoms with Gasteiger partial charge in [0.2, 0.25) is 0 Å². The Bertz CT molecular complexity index is 588. The molecule has 19 heavy (non-hydrogen) atoms. The molecule has 2 aromatic rings. The van der Waals surface area contributed by atoms with Gasteiger partial charge >= 0.3 is 0 Å². The fraction of sp³-hybridized carbons (Fsp3) is 0.200. The van der Waals surface area contributed by atoms with E-state index in [-0.39, 0.29) is 0 Å². The summed E-state index contributed by atoms with van der Waals surface area (Å²) in [5.74, 6) is -1.16. The van der Waals surface area contributed by atoms with Crippen LogP contribution in [0.1, 0.15) is 17.2 Å². The number of hydrogen-bond donors (Lipinski definition) is 1. The van der Waals surface area contributed by atoms with E-state index in [1.165, 1.54) is 6.07 Å². The second-order valence-electron chi connectivity index (χ2n) is 4.59. The normalized spacial score (nSPS) is 18.8. The minimum Gasteiger partial charge on any atom is -0.487 e. The van der Waals surface area contributed by atoms with Crippen LogP contribution in [0.25, 0.3) is 0 Å². The van der Waals surface area contributed by atoms with Gasteiger partial charge in [-0.3, -0.25) is 0 Å². The molecule has 0 fully saturated rings. The second-order valence-corrected chi connectivity index (χ2v) is 4.59. The van der Waals surface area contributed by atoms with Crippen molar-refractivity contribution in [3.8, 4) is 5.75 Å². The van der Waals surface area contributed by atoms with Gasteiger partial charge in [-0.2, -0.15) is 0 Å². The smallest absolute Gasteiger partial charge is 0.159 e. The minimum absolute atomic E-state index is 0.316. The van der Waals surface area contributed by atoms with Crippen molar-refractivity contribution in [3.63, 3.8) is 0 Å². The van der Waals surface area contributed by atoms with Crippen LogP contribution >= 0.6 is 0 Å². The van der Waals surface area contributed by atoms with Gasteiger partial charge in [0.25, 0.3) is 0 Å². The topological polar surface area (TPSA) is 29.5 Å². The van der Waals surface area contributed by atoms with Crippen LogP contribution in [0.2, 0.25) is 0 Å². The van der Waals surface area contributed by atoms with E-state index in [0.29, 0.717) is 12.0 Å². The highest BCUT2D eigenvalue weighted by molar-refractivity contribution is 5.38. The van der Waals surface area contributed by atoms with E-state index in [1.54, 1.807) is 0 Å². The van der Waals surface area contributed by atoms with E-state index in [9.17, 15) is 13.9 Å². The monoisotopic (exact) mass is 262 g/mol. The lowest BCUT2D eigenvalue weighted by atomic mass is 10.0. The first-order valence-electron chi connectivity index (χ1n) is 6.03. The number of fused-ring (bicyclic) bond motifs is 1. The average Bonchev–Trinajstić information content (AvgIpc) is 2.85. The molecule has 0 saturated carbocycles. The Labute approximate surface area is 109 Å². The molecule has 1 aliphatic heterocycles. The van der Waals surface area contributed by atoms with Crippen molar-refractivity contribution in [3.05, 3.63) is 65.2 Å². The van der Waals surface area contributed by atoms with E-state index >= 15 is 0 Å². The number of para-hydroxylation sites is 1. The summed E-state index contributed by atoms with van der Waals surface area (Å²) in [7, 11) is 0. The summed E-state index contributed by atoms with van der Waals surface area (Å²) >= 11 is 0. The Kier molecular flexibility index (Phi) is 2.95. The second kappa shape index (κ2) is 4.63. The van der Waals surface area contributed by atoms with Gasteiger partial charge in [-0.25, -0.2) is 8.78 Å². The van der Waals surface area contributed by atoms with Gasteiger partial charge in [-0.15, -0.1) is 0 Å². The molecule has 3 rings (SSSR count). The Morgan fingerprint density at radius 3 is 2.63 bits per heavy atom. The molecule has 0 radical (unpaired) electrons. The lowest BCUT2D eigenvalue weighted by Crippen LogP contribution is -2.23. The number of aliphatic hydroxyl groups is 1. The fourth-order valence-corrected chi connectivity index (χ4v) is 2.30. The summed E-state index contributed by atoms with van der Waals surface area (Å²) in [6.07, 6.45) is -0.902. The maximum Gasteiger partial charge on any atom is 0.159 e. The van der Waals surface area contributed by atoms with E-state index in [4.69, 9.17) is 4.74 Å². The molecule has 2 nitrogen and oxygen atoms in total. The molecule has 4 heteroatoms. The summed E-state index contributed by atoms with van der Waals surface area (Å²) in [6.45, 7) is 0. The predicted molar refractivity (Wildman–Crippen MR) is 65.9 cm³/mol. The van der Waals surface area contributed by atoms with Crippen LogP contribution in [0.15, 0.2) is 42.5 Å². The third kappa shape index (κ3) is 2.19. The van der Waals surface area contributed by atoms with Crippen molar-refractivity contribution < 1.29 is 18.6 Å². The molecule has 2 aromatic carbocycles. The summed E-state index contributed by atoms with van der Waals surface area (Å²) < 4.78 is 31.7. The first-order valence-corrected chi connectivity index (χ1v) is 6.03. The number of aliphatic hydroxyl groups excluding tert-OH is 1. The van der Waals surface area contributed by atoms with E-state index < -0.39 is 23.8 Å². The standard InChI is InChI=1S/C15H12F2O2/c16-11-6-5-10(7-12(11)17)15(18)14-8-9-3-1-2-4-13(9)19-14/h1-7,14-15,18H,8H2. The first kappa shape index (κ1) is 12.1. The van der Waals surface area contributed by atoms with Crippen molar-refractivity contribution in [2.24, 2.45) is 0 Å². The Morgan fingerprint density at radius 2 is 1.89 bits per heavy atom. The highest BCUT2D eigenvalue weighted by Gasteiger charge is 2.30. The molecule has 1 N–H and O–H groups in total. The Balaban J connectivity index is 1.82.